The van der Waals surface area contributed by atoms with Crippen molar-refractivity contribution >= 4 is 17.5 Å². The molecule has 1 aromatic carbocycles. The van der Waals surface area contributed by atoms with E-state index in [1.807, 2.05) is 49.2 Å². The number of amides is 1. The van der Waals surface area contributed by atoms with E-state index in [-0.39, 0.29) is 5.91 Å². The molecule has 2 aromatic rings. The summed E-state index contributed by atoms with van der Waals surface area (Å²) >= 11 is 0. The van der Waals surface area contributed by atoms with E-state index in [0.29, 0.717) is 17.7 Å². The smallest absolute Gasteiger partial charge is 0.270 e. The van der Waals surface area contributed by atoms with Gasteiger partial charge in [-0.15, -0.1) is 0 Å². The third kappa shape index (κ3) is 3.18. The molecule has 1 aromatic heterocycles. The highest BCUT2D eigenvalue weighted by molar-refractivity contribution is 5.93. The third-order valence-electron chi connectivity index (χ3n) is 3.43. The molecule has 0 bridgehead atoms. The molecule has 3 rings (SSSR count). The van der Waals surface area contributed by atoms with Gasteiger partial charge in [0.1, 0.15) is 5.69 Å². The van der Waals surface area contributed by atoms with Gasteiger partial charge in [0.05, 0.1) is 0 Å². The van der Waals surface area contributed by atoms with Crippen LogP contribution >= 0.6 is 0 Å². The molecule has 1 fully saturated rings. The number of rotatable bonds is 4. The molecule has 1 heterocycles. The molecule has 21 heavy (non-hydrogen) atoms. The zero-order valence-corrected chi connectivity index (χ0v) is 12.2. The Bertz CT molecular complexity index is 653. The van der Waals surface area contributed by atoms with Gasteiger partial charge in [-0.2, -0.15) is 0 Å². The number of carbonyl (C=O) groups is 1. The van der Waals surface area contributed by atoms with Crippen molar-refractivity contribution in [1.82, 2.24) is 15.3 Å². The van der Waals surface area contributed by atoms with Crippen LogP contribution in [0.3, 0.4) is 0 Å². The Balaban J connectivity index is 1.88. The fraction of sp³-hybridized carbons (Fsp3) is 0.312. The fourth-order valence-corrected chi connectivity index (χ4v) is 2.07. The second-order valence-electron chi connectivity index (χ2n) is 5.34. The first kappa shape index (κ1) is 13.5. The lowest BCUT2D eigenvalue weighted by molar-refractivity contribution is 0.0946. The highest BCUT2D eigenvalue weighted by atomic mass is 16.2. The SMILES string of the molecule is Cc1cc(C(=O)NC2CC2)nc(N(C)c2ccccc2)n1. The van der Waals surface area contributed by atoms with Crippen LogP contribution in [0.4, 0.5) is 11.6 Å². The third-order valence-corrected chi connectivity index (χ3v) is 3.43. The van der Waals surface area contributed by atoms with E-state index in [0.717, 1.165) is 24.2 Å². The second kappa shape index (κ2) is 5.52. The molecule has 5 nitrogen and oxygen atoms in total. The van der Waals surface area contributed by atoms with E-state index in [9.17, 15) is 4.79 Å². The summed E-state index contributed by atoms with van der Waals surface area (Å²) in [7, 11) is 1.90. The highest BCUT2D eigenvalue weighted by Gasteiger charge is 2.25. The van der Waals surface area contributed by atoms with Crippen LogP contribution in [-0.2, 0) is 0 Å². The maximum atomic E-state index is 12.1. The molecule has 1 amide bonds. The predicted molar refractivity (Wildman–Crippen MR) is 81.8 cm³/mol. The van der Waals surface area contributed by atoms with Crippen molar-refractivity contribution in [2.45, 2.75) is 25.8 Å². The van der Waals surface area contributed by atoms with Gasteiger partial charge < -0.3 is 10.2 Å². The molecule has 1 aliphatic rings. The highest BCUT2D eigenvalue weighted by Crippen LogP contribution is 2.21. The van der Waals surface area contributed by atoms with Crippen molar-refractivity contribution in [3.8, 4) is 0 Å². The number of para-hydroxylation sites is 1. The van der Waals surface area contributed by atoms with Gasteiger partial charge in [-0.05, 0) is 38.0 Å². The molecule has 0 unspecified atom stereocenters. The molecule has 0 spiro atoms. The van der Waals surface area contributed by atoms with E-state index < -0.39 is 0 Å². The maximum absolute atomic E-state index is 12.1. The minimum Gasteiger partial charge on any atom is -0.348 e. The summed E-state index contributed by atoms with van der Waals surface area (Å²) < 4.78 is 0. The molecule has 108 valence electrons. The van der Waals surface area contributed by atoms with Gasteiger partial charge in [0.25, 0.3) is 5.91 Å². The minimum atomic E-state index is -0.120. The Morgan fingerprint density at radius 2 is 1.95 bits per heavy atom. The molecular weight excluding hydrogens is 264 g/mol. The average Bonchev–Trinajstić information content (AvgIpc) is 3.30. The monoisotopic (exact) mass is 282 g/mol. The van der Waals surface area contributed by atoms with E-state index in [1.165, 1.54) is 0 Å². The van der Waals surface area contributed by atoms with Crippen LogP contribution in [0.5, 0.6) is 0 Å². The predicted octanol–water partition coefficient (Wildman–Crippen LogP) is 2.45. The minimum absolute atomic E-state index is 0.120. The number of anilines is 2. The first-order chi connectivity index (χ1) is 10.1. The van der Waals surface area contributed by atoms with Crippen LogP contribution in [0.2, 0.25) is 0 Å². The molecule has 0 atom stereocenters. The molecular formula is C16H18N4O. The van der Waals surface area contributed by atoms with Crippen molar-refractivity contribution < 1.29 is 4.79 Å². The van der Waals surface area contributed by atoms with E-state index in [4.69, 9.17) is 0 Å². The lowest BCUT2D eigenvalue weighted by atomic mass is 10.3. The standard InChI is InChI=1S/C16H18N4O/c1-11-10-14(15(21)18-12-8-9-12)19-16(17-11)20(2)13-6-4-3-5-7-13/h3-7,10,12H,8-9H2,1-2H3,(H,18,21). The van der Waals surface area contributed by atoms with Crippen LogP contribution in [0, 0.1) is 6.92 Å². The molecule has 1 N–H and O–H groups in total. The number of nitrogens with zero attached hydrogens (tertiary/aromatic N) is 3. The van der Waals surface area contributed by atoms with E-state index in [1.54, 1.807) is 6.07 Å². The van der Waals surface area contributed by atoms with Gasteiger partial charge in [0.2, 0.25) is 5.95 Å². The normalized spacial score (nSPS) is 13.8. The summed E-state index contributed by atoms with van der Waals surface area (Å²) in [4.78, 5) is 22.8. The van der Waals surface area contributed by atoms with Crippen molar-refractivity contribution in [3.05, 3.63) is 47.8 Å². The number of benzene rings is 1. The van der Waals surface area contributed by atoms with Crippen LogP contribution in [0.25, 0.3) is 0 Å². The molecule has 1 aliphatic carbocycles. The molecule has 0 saturated heterocycles. The summed E-state index contributed by atoms with van der Waals surface area (Å²) in [6.45, 7) is 1.87. The molecule has 1 saturated carbocycles. The lowest BCUT2D eigenvalue weighted by Gasteiger charge is -2.18. The average molecular weight is 282 g/mol. The van der Waals surface area contributed by atoms with Crippen LogP contribution in [0.1, 0.15) is 29.0 Å². The van der Waals surface area contributed by atoms with E-state index in [2.05, 4.69) is 15.3 Å². The Kier molecular flexibility index (Phi) is 3.56. The topological polar surface area (TPSA) is 58.1 Å². The quantitative estimate of drug-likeness (QED) is 0.935. The number of aryl methyl sites for hydroxylation is 1. The molecule has 0 aliphatic heterocycles. The van der Waals surface area contributed by atoms with Crippen molar-refractivity contribution in [1.29, 1.82) is 0 Å². The van der Waals surface area contributed by atoms with Crippen LogP contribution in [0.15, 0.2) is 36.4 Å². The first-order valence-corrected chi connectivity index (χ1v) is 7.09. The molecule has 0 radical (unpaired) electrons. The van der Waals surface area contributed by atoms with E-state index >= 15 is 0 Å². The van der Waals surface area contributed by atoms with Gasteiger partial charge >= 0.3 is 0 Å². The fourth-order valence-electron chi connectivity index (χ4n) is 2.07. The zero-order chi connectivity index (χ0) is 14.8. The number of hydrogen-bond donors (Lipinski definition) is 1. The summed E-state index contributed by atoms with van der Waals surface area (Å²) in [5, 5.41) is 2.96. The lowest BCUT2D eigenvalue weighted by Crippen LogP contribution is -2.27. The van der Waals surface area contributed by atoms with Crippen molar-refractivity contribution in [3.63, 3.8) is 0 Å². The first-order valence-electron chi connectivity index (χ1n) is 7.09. The summed E-state index contributed by atoms with van der Waals surface area (Å²) in [5.74, 6) is 0.410. The van der Waals surface area contributed by atoms with Gasteiger partial charge in [-0.25, -0.2) is 9.97 Å². The Hall–Kier alpha value is -2.43. The number of nitrogens with one attached hydrogen (secondary N) is 1. The second-order valence-corrected chi connectivity index (χ2v) is 5.34. The van der Waals surface area contributed by atoms with Gasteiger partial charge in [-0.1, -0.05) is 18.2 Å². The summed E-state index contributed by atoms with van der Waals surface area (Å²) in [6, 6.07) is 11.9. The van der Waals surface area contributed by atoms with Gasteiger partial charge in [-0.3, -0.25) is 4.79 Å². The largest absolute Gasteiger partial charge is 0.348 e. The van der Waals surface area contributed by atoms with Crippen molar-refractivity contribution in [2.75, 3.05) is 11.9 Å². The van der Waals surface area contributed by atoms with Gasteiger partial charge in [0, 0.05) is 24.5 Å². The van der Waals surface area contributed by atoms with Crippen molar-refractivity contribution in [2.24, 2.45) is 0 Å². The number of aromatic nitrogens is 2. The number of carbonyl (C=O) groups excluding carboxylic acids is 1. The Labute approximate surface area is 124 Å². The zero-order valence-electron chi connectivity index (χ0n) is 12.2. The summed E-state index contributed by atoms with van der Waals surface area (Å²) in [6.07, 6.45) is 2.12. The molecule has 5 heteroatoms. The Morgan fingerprint density at radius 3 is 2.62 bits per heavy atom. The maximum Gasteiger partial charge on any atom is 0.270 e. The van der Waals surface area contributed by atoms with Gasteiger partial charge in [0.15, 0.2) is 0 Å². The Morgan fingerprint density at radius 1 is 1.24 bits per heavy atom. The number of hydrogen-bond acceptors (Lipinski definition) is 4. The van der Waals surface area contributed by atoms with Crippen LogP contribution in [-0.4, -0.2) is 29.0 Å². The van der Waals surface area contributed by atoms with Crippen LogP contribution < -0.4 is 10.2 Å². The summed E-state index contributed by atoms with van der Waals surface area (Å²) in [5.41, 5.74) is 2.19.